The summed E-state index contributed by atoms with van der Waals surface area (Å²) >= 11 is 1.46. The van der Waals surface area contributed by atoms with E-state index in [2.05, 4.69) is 15.3 Å². The summed E-state index contributed by atoms with van der Waals surface area (Å²) in [5, 5.41) is 10.3. The Morgan fingerprint density at radius 1 is 1.25 bits per heavy atom. The zero-order valence-corrected chi connectivity index (χ0v) is 13.6. The fourth-order valence-corrected chi connectivity index (χ4v) is 3.30. The number of hydrogen-bond acceptors (Lipinski definition) is 6. The van der Waals surface area contributed by atoms with Crippen LogP contribution in [0.4, 0.5) is 0 Å². The second-order valence-electron chi connectivity index (χ2n) is 5.37. The Morgan fingerprint density at radius 3 is 3.00 bits per heavy atom. The maximum atomic E-state index is 12.5. The standard InChI is InChI=1S/C16H15N5O2S/c22-16(14-4-3-9-24-14)20-7-8-21-13(10-20)12(18-19-21)11-23-15-5-1-2-6-17-15/h1-6,9H,7-8,10-11H2. The molecule has 24 heavy (non-hydrogen) atoms. The van der Waals surface area contributed by atoms with E-state index in [4.69, 9.17) is 4.74 Å². The summed E-state index contributed by atoms with van der Waals surface area (Å²) in [5.41, 5.74) is 1.66. The number of hydrogen-bond donors (Lipinski definition) is 0. The minimum absolute atomic E-state index is 0.0500. The van der Waals surface area contributed by atoms with Gasteiger partial charge < -0.3 is 9.64 Å². The van der Waals surface area contributed by atoms with Crippen LogP contribution in [0.3, 0.4) is 0 Å². The highest BCUT2D eigenvalue weighted by Gasteiger charge is 2.26. The van der Waals surface area contributed by atoms with Gasteiger partial charge in [0.25, 0.3) is 5.91 Å². The van der Waals surface area contributed by atoms with Gasteiger partial charge in [-0.3, -0.25) is 4.79 Å². The average Bonchev–Trinajstić information content (AvgIpc) is 3.30. The number of nitrogens with zero attached hydrogens (tertiary/aromatic N) is 5. The van der Waals surface area contributed by atoms with E-state index < -0.39 is 0 Å². The molecule has 0 saturated heterocycles. The lowest BCUT2D eigenvalue weighted by molar-refractivity contribution is 0.0709. The Morgan fingerprint density at radius 2 is 2.21 bits per heavy atom. The number of pyridine rings is 1. The summed E-state index contributed by atoms with van der Waals surface area (Å²) in [4.78, 5) is 19.2. The van der Waals surface area contributed by atoms with Gasteiger partial charge in [-0.2, -0.15) is 0 Å². The number of carbonyl (C=O) groups excluding carboxylic acids is 1. The van der Waals surface area contributed by atoms with E-state index in [-0.39, 0.29) is 12.5 Å². The molecule has 1 aliphatic rings. The lowest BCUT2D eigenvalue weighted by atomic mass is 10.2. The Bertz CT molecular complexity index is 832. The van der Waals surface area contributed by atoms with Crippen molar-refractivity contribution in [1.82, 2.24) is 24.9 Å². The quantitative estimate of drug-likeness (QED) is 0.725. The topological polar surface area (TPSA) is 73.1 Å². The smallest absolute Gasteiger partial charge is 0.264 e. The minimum atomic E-state index is 0.0500. The van der Waals surface area contributed by atoms with Crippen molar-refractivity contribution < 1.29 is 9.53 Å². The van der Waals surface area contributed by atoms with E-state index in [9.17, 15) is 4.79 Å². The number of rotatable bonds is 4. The van der Waals surface area contributed by atoms with E-state index in [1.165, 1.54) is 11.3 Å². The monoisotopic (exact) mass is 341 g/mol. The van der Waals surface area contributed by atoms with Gasteiger partial charge in [-0.15, -0.1) is 16.4 Å². The molecule has 0 aromatic carbocycles. The SMILES string of the molecule is O=C(c1cccs1)N1CCn2nnc(COc3ccccn3)c2C1. The molecule has 1 amide bonds. The van der Waals surface area contributed by atoms with Gasteiger partial charge in [0.1, 0.15) is 12.3 Å². The summed E-state index contributed by atoms with van der Waals surface area (Å²) in [6, 6.07) is 9.23. The van der Waals surface area contributed by atoms with Crippen LogP contribution in [0.2, 0.25) is 0 Å². The van der Waals surface area contributed by atoms with Gasteiger partial charge in [0.05, 0.1) is 23.7 Å². The number of fused-ring (bicyclic) bond motifs is 1. The van der Waals surface area contributed by atoms with Crippen molar-refractivity contribution in [3.05, 3.63) is 58.2 Å². The summed E-state index contributed by atoms with van der Waals surface area (Å²) in [6.07, 6.45) is 1.68. The molecule has 4 rings (SSSR count). The van der Waals surface area contributed by atoms with Crippen LogP contribution in [0.15, 0.2) is 41.9 Å². The van der Waals surface area contributed by atoms with Crippen molar-refractivity contribution in [3.8, 4) is 5.88 Å². The Labute approximate surface area is 142 Å². The average molecular weight is 341 g/mol. The third kappa shape index (κ3) is 2.88. The lowest BCUT2D eigenvalue weighted by Gasteiger charge is -2.27. The van der Waals surface area contributed by atoms with Crippen molar-refractivity contribution in [1.29, 1.82) is 0 Å². The third-order valence-electron chi connectivity index (χ3n) is 3.85. The van der Waals surface area contributed by atoms with Crippen LogP contribution >= 0.6 is 11.3 Å². The molecule has 0 radical (unpaired) electrons. The third-order valence-corrected chi connectivity index (χ3v) is 4.71. The second kappa shape index (κ2) is 6.40. The maximum Gasteiger partial charge on any atom is 0.264 e. The molecule has 0 saturated carbocycles. The Kier molecular flexibility index (Phi) is 3.96. The molecule has 122 valence electrons. The van der Waals surface area contributed by atoms with Gasteiger partial charge >= 0.3 is 0 Å². The van der Waals surface area contributed by atoms with E-state index in [0.29, 0.717) is 25.5 Å². The molecule has 0 atom stereocenters. The molecule has 0 unspecified atom stereocenters. The summed E-state index contributed by atoms with van der Waals surface area (Å²) in [6.45, 7) is 2.05. The van der Waals surface area contributed by atoms with Crippen LogP contribution in [0.25, 0.3) is 0 Å². The first-order valence-electron chi connectivity index (χ1n) is 7.59. The molecule has 1 aliphatic heterocycles. The molecule has 3 aromatic heterocycles. The molecule has 0 aliphatic carbocycles. The highest BCUT2D eigenvalue weighted by atomic mass is 32.1. The molecule has 0 spiro atoms. The Balaban J connectivity index is 1.48. The van der Waals surface area contributed by atoms with Gasteiger partial charge in [0, 0.05) is 18.8 Å². The highest BCUT2D eigenvalue weighted by molar-refractivity contribution is 7.12. The molecule has 0 fully saturated rings. The van der Waals surface area contributed by atoms with Crippen LogP contribution in [-0.2, 0) is 19.7 Å². The molecule has 0 N–H and O–H groups in total. The summed E-state index contributed by atoms with van der Waals surface area (Å²) in [7, 11) is 0. The zero-order chi connectivity index (χ0) is 16.4. The van der Waals surface area contributed by atoms with Gasteiger partial charge in [-0.25, -0.2) is 9.67 Å². The predicted octanol–water partition coefficient (Wildman–Crippen LogP) is 1.97. The summed E-state index contributed by atoms with van der Waals surface area (Å²) < 4.78 is 7.50. The van der Waals surface area contributed by atoms with E-state index in [1.807, 2.05) is 39.2 Å². The zero-order valence-electron chi connectivity index (χ0n) is 12.8. The molecule has 8 heteroatoms. The molecule has 7 nitrogen and oxygen atoms in total. The fourth-order valence-electron chi connectivity index (χ4n) is 2.61. The van der Waals surface area contributed by atoms with Gasteiger partial charge in [0.15, 0.2) is 0 Å². The number of ether oxygens (including phenoxy) is 1. The van der Waals surface area contributed by atoms with Crippen molar-refractivity contribution >= 4 is 17.2 Å². The lowest BCUT2D eigenvalue weighted by Crippen LogP contribution is -2.38. The van der Waals surface area contributed by atoms with Crippen molar-refractivity contribution in [2.75, 3.05) is 6.54 Å². The fraction of sp³-hybridized carbons (Fsp3) is 0.250. The molecular formula is C16H15N5O2S. The first-order chi connectivity index (χ1) is 11.8. The number of amides is 1. The van der Waals surface area contributed by atoms with Gasteiger partial charge in [-0.1, -0.05) is 17.3 Å². The van der Waals surface area contributed by atoms with Crippen LogP contribution in [-0.4, -0.2) is 37.3 Å². The first kappa shape index (κ1) is 14.8. The van der Waals surface area contributed by atoms with Crippen LogP contribution < -0.4 is 4.74 Å². The molecule has 4 heterocycles. The Hall–Kier alpha value is -2.74. The largest absolute Gasteiger partial charge is 0.471 e. The van der Waals surface area contributed by atoms with Crippen LogP contribution in [0.1, 0.15) is 21.1 Å². The maximum absolute atomic E-state index is 12.5. The summed E-state index contributed by atoms with van der Waals surface area (Å²) in [5.74, 6) is 0.593. The second-order valence-corrected chi connectivity index (χ2v) is 6.31. The van der Waals surface area contributed by atoms with Gasteiger partial charge in [-0.05, 0) is 17.5 Å². The van der Waals surface area contributed by atoms with Crippen LogP contribution in [0, 0.1) is 0 Å². The first-order valence-corrected chi connectivity index (χ1v) is 8.47. The molecule has 3 aromatic rings. The number of aromatic nitrogens is 4. The predicted molar refractivity (Wildman–Crippen MR) is 87.7 cm³/mol. The van der Waals surface area contributed by atoms with Gasteiger partial charge in [0.2, 0.25) is 5.88 Å². The number of carbonyl (C=O) groups is 1. The van der Waals surface area contributed by atoms with E-state index in [0.717, 1.165) is 16.3 Å². The van der Waals surface area contributed by atoms with E-state index in [1.54, 1.807) is 12.3 Å². The van der Waals surface area contributed by atoms with Crippen LogP contribution in [0.5, 0.6) is 5.88 Å². The van der Waals surface area contributed by atoms with Crippen molar-refractivity contribution in [2.24, 2.45) is 0 Å². The molecule has 0 bridgehead atoms. The van der Waals surface area contributed by atoms with Crippen molar-refractivity contribution in [3.63, 3.8) is 0 Å². The molecular weight excluding hydrogens is 326 g/mol. The highest BCUT2D eigenvalue weighted by Crippen LogP contribution is 2.20. The normalized spacial score (nSPS) is 13.6. The van der Waals surface area contributed by atoms with E-state index >= 15 is 0 Å². The minimum Gasteiger partial charge on any atom is -0.471 e. The van der Waals surface area contributed by atoms with Crippen molar-refractivity contribution in [2.45, 2.75) is 19.7 Å². The number of thiophene rings is 1.